The Bertz CT molecular complexity index is 795. The number of aryl methyl sites for hydroxylation is 1. The smallest absolute Gasteiger partial charge is 0.354 e. The molecule has 0 unspecified atom stereocenters. The average Bonchev–Trinajstić information content (AvgIpc) is 2.84. The van der Waals surface area contributed by atoms with Crippen LogP contribution < -0.4 is 4.74 Å². The Morgan fingerprint density at radius 3 is 2.85 bits per heavy atom. The molecule has 100 valence electrons. The zero-order valence-electron chi connectivity index (χ0n) is 10.6. The van der Waals surface area contributed by atoms with Crippen molar-refractivity contribution in [1.82, 2.24) is 14.8 Å². The molecule has 0 amide bonds. The van der Waals surface area contributed by atoms with Crippen molar-refractivity contribution in [3.8, 4) is 11.5 Å². The highest BCUT2D eigenvalue weighted by Gasteiger charge is 2.12. The van der Waals surface area contributed by atoms with Gasteiger partial charge in [0.05, 0.1) is 17.9 Å². The van der Waals surface area contributed by atoms with Crippen molar-refractivity contribution in [2.45, 2.75) is 0 Å². The molecule has 0 saturated carbocycles. The average molecular weight is 269 g/mol. The number of ether oxygens (including phenoxy) is 1. The van der Waals surface area contributed by atoms with E-state index in [0.717, 1.165) is 5.39 Å². The molecule has 1 aromatic carbocycles. The zero-order chi connectivity index (χ0) is 14.1. The van der Waals surface area contributed by atoms with Gasteiger partial charge in [0, 0.05) is 18.5 Å². The fraction of sp³-hybridized carbons (Fsp3) is 0.0714. The number of hydrogen-bond acceptors (Lipinski definition) is 4. The summed E-state index contributed by atoms with van der Waals surface area (Å²) in [7, 11) is 1.78. The van der Waals surface area contributed by atoms with Crippen LogP contribution in [0.1, 0.15) is 10.5 Å². The number of para-hydroxylation sites is 1. The standard InChI is InChI=1S/C14H11N3O3/c1-17-8-9(7-15-17)20-13-6-12(14(18)19)16-11-5-3-2-4-10(11)13/h2-8H,1H3,(H,18,19). The number of fused-ring (bicyclic) bond motifs is 1. The maximum absolute atomic E-state index is 11.1. The van der Waals surface area contributed by atoms with Crippen LogP contribution in [0.5, 0.6) is 11.5 Å². The summed E-state index contributed by atoms with van der Waals surface area (Å²) in [5, 5.41) is 13.9. The maximum Gasteiger partial charge on any atom is 0.354 e. The molecule has 2 heterocycles. The van der Waals surface area contributed by atoms with E-state index in [2.05, 4.69) is 10.1 Å². The van der Waals surface area contributed by atoms with Crippen LogP contribution in [-0.4, -0.2) is 25.8 Å². The summed E-state index contributed by atoms with van der Waals surface area (Å²) in [6.45, 7) is 0. The number of carboxylic acid groups (broad SMARTS) is 1. The van der Waals surface area contributed by atoms with E-state index in [1.54, 1.807) is 36.3 Å². The third-order valence-electron chi connectivity index (χ3n) is 2.81. The highest BCUT2D eigenvalue weighted by Crippen LogP contribution is 2.29. The first-order valence-corrected chi connectivity index (χ1v) is 5.93. The molecular weight excluding hydrogens is 258 g/mol. The van der Waals surface area contributed by atoms with Crippen LogP contribution in [0.2, 0.25) is 0 Å². The van der Waals surface area contributed by atoms with Gasteiger partial charge in [0.15, 0.2) is 11.4 Å². The topological polar surface area (TPSA) is 77.2 Å². The van der Waals surface area contributed by atoms with E-state index in [1.807, 2.05) is 12.1 Å². The van der Waals surface area contributed by atoms with Crippen LogP contribution in [0, 0.1) is 0 Å². The zero-order valence-corrected chi connectivity index (χ0v) is 10.6. The first kappa shape index (κ1) is 12.2. The molecular formula is C14H11N3O3. The molecule has 20 heavy (non-hydrogen) atoms. The Labute approximate surface area is 114 Å². The van der Waals surface area contributed by atoms with Crippen molar-refractivity contribution >= 4 is 16.9 Å². The number of aromatic nitrogens is 3. The lowest BCUT2D eigenvalue weighted by Gasteiger charge is -2.08. The lowest BCUT2D eigenvalue weighted by atomic mass is 10.2. The number of carbonyl (C=O) groups is 1. The molecule has 0 aliphatic rings. The van der Waals surface area contributed by atoms with E-state index in [1.165, 1.54) is 6.07 Å². The summed E-state index contributed by atoms with van der Waals surface area (Å²) in [5.41, 5.74) is 0.522. The largest absolute Gasteiger partial charge is 0.477 e. The van der Waals surface area contributed by atoms with Crippen LogP contribution in [0.3, 0.4) is 0 Å². The van der Waals surface area contributed by atoms with Gasteiger partial charge in [0.1, 0.15) is 5.75 Å². The number of rotatable bonds is 3. The monoisotopic (exact) mass is 269 g/mol. The van der Waals surface area contributed by atoms with Gasteiger partial charge < -0.3 is 9.84 Å². The van der Waals surface area contributed by atoms with Crippen molar-refractivity contribution < 1.29 is 14.6 Å². The van der Waals surface area contributed by atoms with Crippen molar-refractivity contribution in [2.75, 3.05) is 0 Å². The van der Waals surface area contributed by atoms with E-state index < -0.39 is 5.97 Å². The summed E-state index contributed by atoms with van der Waals surface area (Å²) >= 11 is 0. The van der Waals surface area contributed by atoms with Crippen molar-refractivity contribution in [1.29, 1.82) is 0 Å². The summed E-state index contributed by atoms with van der Waals surface area (Å²) < 4.78 is 7.32. The van der Waals surface area contributed by atoms with Crippen molar-refractivity contribution in [2.24, 2.45) is 7.05 Å². The number of nitrogens with zero attached hydrogens (tertiary/aromatic N) is 3. The first-order valence-electron chi connectivity index (χ1n) is 5.93. The molecule has 1 N–H and O–H groups in total. The predicted molar refractivity (Wildman–Crippen MR) is 72.0 cm³/mol. The van der Waals surface area contributed by atoms with Gasteiger partial charge in [0.25, 0.3) is 0 Å². The quantitative estimate of drug-likeness (QED) is 0.790. The Kier molecular flexibility index (Phi) is 2.83. The Balaban J connectivity index is 2.14. The predicted octanol–water partition coefficient (Wildman–Crippen LogP) is 2.46. The highest BCUT2D eigenvalue weighted by atomic mass is 16.5. The number of carboxylic acids is 1. The minimum atomic E-state index is -1.09. The molecule has 3 aromatic rings. The SMILES string of the molecule is Cn1cc(Oc2cc(C(=O)O)nc3ccccc23)cn1. The Morgan fingerprint density at radius 2 is 2.15 bits per heavy atom. The van der Waals surface area contributed by atoms with Crippen molar-refractivity contribution in [3.05, 3.63) is 48.4 Å². The second kappa shape index (κ2) is 4.65. The maximum atomic E-state index is 11.1. The molecule has 0 radical (unpaired) electrons. The normalized spacial score (nSPS) is 10.7. The van der Waals surface area contributed by atoms with Crippen LogP contribution in [-0.2, 0) is 7.05 Å². The van der Waals surface area contributed by atoms with Gasteiger partial charge in [-0.25, -0.2) is 9.78 Å². The van der Waals surface area contributed by atoms with E-state index in [4.69, 9.17) is 9.84 Å². The van der Waals surface area contributed by atoms with Crippen LogP contribution in [0.25, 0.3) is 10.9 Å². The minimum Gasteiger partial charge on any atom is -0.477 e. The first-order chi connectivity index (χ1) is 9.63. The van der Waals surface area contributed by atoms with E-state index in [0.29, 0.717) is 17.0 Å². The van der Waals surface area contributed by atoms with Gasteiger partial charge in [-0.15, -0.1) is 0 Å². The summed E-state index contributed by atoms with van der Waals surface area (Å²) in [5.74, 6) is -0.104. The Morgan fingerprint density at radius 1 is 1.35 bits per heavy atom. The van der Waals surface area contributed by atoms with Gasteiger partial charge in [-0.1, -0.05) is 12.1 Å². The van der Waals surface area contributed by atoms with Gasteiger partial charge in [-0.3, -0.25) is 4.68 Å². The lowest BCUT2D eigenvalue weighted by Crippen LogP contribution is -2.01. The molecule has 0 saturated heterocycles. The van der Waals surface area contributed by atoms with Gasteiger partial charge in [0.2, 0.25) is 0 Å². The molecule has 6 heteroatoms. The highest BCUT2D eigenvalue weighted by molar-refractivity contribution is 5.93. The molecule has 0 aliphatic carbocycles. The van der Waals surface area contributed by atoms with Crippen molar-refractivity contribution in [3.63, 3.8) is 0 Å². The summed E-state index contributed by atoms with van der Waals surface area (Å²) in [6, 6.07) is 8.64. The molecule has 6 nitrogen and oxygen atoms in total. The van der Waals surface area contributed by atoms with Crippen LogP contribution in [0.15, 0.2) is 42.7 Å². The lowest BCUT2D eigenvalue weighted by molar-refractivity contribution is 0.0690. The summed E-state index contributed by atoms with van der Waals surface area (Å²) in [6.07, 6.45) is 3.27. The number of benzene rings is 1. The molecule has 0 bridgehead atoms. The fourth-order valence-corrected chi connectivity index (χ4v) is 1.92. The van der Waals surface area contributed by atoms with Gasteiger partial charge in [-0.05, 0) is 12.1 Å². The Hall–Kier alpha value is -2.89. The molecule has 0 fully saturated rings. The van der Waals surface area contributed by atoms with E-state index in [9.17, 15) is 4.79 Å². The molecule has 0 atom stereocenters. The molecule has 0 spiro atoms. The molecule has 2 aromatic heterocycles. The van der Waals surface area contributed by atoms with Crippen LogP contribution in [0.4, 0.5) is 0 Å². The van der Waals surface area contributed by atoms with E-state index >= 15 is 0 Å². The number of hydrogen-bond donors (Lipinski definition) is 1. The van der Waals surface area contributed by atoms with Gasteiger partial charge >= 0.3 is 5.97 Å². The van der Waals surface area contributed by atoms with Crippen LogP contribution >= 0.6 is 0 Å². The number of aromatic carboxylic acids is 1. The third kappa shape index (κ3) is 2.18. The minimum absolute atomic E-state index is 0.0532. The second-order valence-corrected chi connectivity index (χ2v) is 4.28. The summed E-state index contributed by atoms with van der Waals surface area (Å²) in [4.78, 5) is 15.2. The fourth-order valence-electron chi connectivity index (χ4n) is 1.92. The number of pyridine rings is 1. The molecule has 0 aliphatic heterocycles. The van der Waals surface area contributed by atoms with E-state index in [-0.39, 0.29) is 5.69 Å². The third-order valence-corrected chi connectivity index (χ3v) is 2.81. The molecule has 3 rings (SSSR count). The second-order valence-electron chi connectivity index (χ2n) is 4.28. The van der Waals surface area contributed by atoms with Gasteiger partial charge in [-0.2, -0.15) is 5.10 Å².